The molecule has 1 saturated heterocycles. The molecule has 3 rings (SSSR count). The first-order valence-corrected chi connectivity index (χ1v) is 8.83. The average Bonchev–Trinajstić information content (AvgIpc) is 3.15. The van der Waals surface area contributed by atoms with Gasteiger partial charge >= 0.3 is 5.97 Å². The van der Waals surface area contributed by atoms with Gasteiger partial charge in [-0.2, -0.15) is 0 Å². The highest BCUT2D eigenvalue weighted by atomic mass is 35.5. The van der Waals surface area contributed by atoms with Gasteiger partial charge in [0.25, 0.3) is 11.1 Å². The molecule has 1 aliphatic rings. The van der Waals surface area contributed by atoms with Gasteiger partial charge < -0.3 is 9.15 Å². The molecule has 0 aliphatic carbocycles. The SMILES string of the molecule is COC(=O)CN1C(=O)S/C(=C\c2ccc(-c3ccc(Cl)cc3Cl)o2)C1=O. The van der Waals surface area contributed by atoms with Crippen molar-refractivity contribution in [3.05, 3.63) is 51.0 Å². The number of methoxy groups -OCH3 is 1. The minimum atomic E-state index is -0.675. The zero-order chi connectivity index (χ0) is 18.8. The Kier molecular flexibility index (Phi) is 5.41. The van der Waals surface area contributed by atoms with Gasteiger partial charge in [0.05, 0.1) is 17.0 Å². The number of nitrogens with zero attached hydrogens (tertiary/aromatic N) is 1. The van der Waals surface area contributed by atoms with Gasteiger partial charge in [0, 0.05) is 16.7 Å². The number of rotatable bonds is 4. The van der Waals surface area contributed by atoms with Crippen molar-refractivity contribution >= 4 is 58.2 Å². The van der Waals surface area contributed by atoms with Crippen molar-refractivity contribution < 1.29 is 23.5 Å². The van der Waals surface area contributed by atoms with E-state index in [2.05, 4.69) is 4.74 Å². The van der Waals surface area contributed by atoms with Gasteiger partial charge in [-0.3, -0.25) is 19.3 Å². The number of halogens is 2. The summed E-state index contributed by atoms with van der Waals surface area (Å²) in [5.41, 5.74) is 0.648. The molecule has 0 saturated carbocycles. The van der Waals surface area contributed by atoms with Gasteiger partial charge in [-0.15, -0.1) is 0 Å². The van der Waals surface area contributed by atoms with Crippen molar-refractivity contribution in [1.29, 1.82) is 0 Å². The molecule has 1 aliphatic heterocycles. The van der Waals surface area contributed by atoms with E-state index in [0.29, 0.717) is 27.1 Å². The van der Waals surface area contributed by atoms with E-state index in [4.69, 9.17) is 27.6 Å². The Hall–Kier alpha value is -2.22. The fourth-order valence-corrected chi connectivity index (χ4v) is 3.54. The Labute approximate surface area is 162 Å². The van der Waals surface area contributed by atoms with Crippen LogP contribution in [0.1, 0.15) is 5.76 Å². The van der Waals surface area contributed by atoms with E-state index in [1.54, 1.807) is 30.3 Å². The molecule has 134 valence electrons. The number of esters is 1. The van der Waals surface area contributed by atoms with E-state index in [-0.39, 0.29) is 4.91 Å². The van der Waals surface area contributed by atoms with Crippen molar-refractivity contribution in [1.82, 2.24) is 4.90 Å². The van der Waals surface area contributed by atoms with Crippen LogP contribution in [0.25, 0.3) is 17.4 Å². The quantitative estimate of drug-likeness (QED) is 0.545. The van der Waals surface area contributed by atoms with Crippen molar-refractivity contribution in [2.24, 2.45) is 0 Å². The molecular weight excluding hydrogens is 401 g/mol. The predicted molar refractivity (Wildman–Crippen MR) is 98.9 cm³/mol. The third-order valence-corrected chi connectivity index (χ3v) is 4.94. The highest BCUT2D eigenvalue weighted by molar-refractivity contribution is 8.18. The molecule has 0 bridgehead atoms. The molecule has 1 aromatic carbocycles. The van der Waals surface area contributed by atoms with Crippen molar-refractivity contribution in [2.75, 3.05) is 13.7 Å². The fraction of sp³-hybridized carbons (Fsp3) is 0.118. The molecule has 0 atom stereocenters. The molecule has 9 heteroatoms. The van der Waals surface area contributed by atoms with Crippen LogP contribution in [0.3, 0.4) is 0 Å². The minimum Gasteiger partial charge on any atom is -0.468 e. The summed E-state index contributed by atoms with van der Waals surface area (Å²) < 4.78 is 10.2. The van der Waals surface area contributed by atoms with Gasteiger partial charge in [0.2, 0.25) is 0 Å². The Bertz CT molecular complexity index is 937. The second kappa shape index (κ2) is 7.57. The number of thioether (sulfide) groups is 1. The first-order valence-electron chi connectivity index (χ1n) is 7.26. The van der Waals surface area contributed by atoms with Crippen LogP contribution < -0.4 is 0 Å². The van der Waals surface area contributed by atoms with Gasteiger partial charge in [-0.25, -0.2) is 0 Å². The molecule has 2 aromatic rings. The number of benzene rings is 1. The second-order valence-corrected chi connectivity index (χ2v) is 7.01. The maximum absolute atomic E-state index is 12.3. The molecule has 2 heterocycles. The third-order valence-electron chi connectivity index (χ3n) is 3.49. The van der Waals surface area contributed by atoms with Crippen molar-refractivity contribution in [3.63, 3.8) is 0 Å². The lowest BCUT2D eigenvalue weighted by Crippen LogP contribution is -2.34. The second-order valence-electron chi connectivity index (χ2n) is 5.17. The Morgan fingerprint density at radius 3 is 2.73 bits per heavy atom. The van der Waals surface area contributed by atoms with Crippen molar-refractivity contribution in [3.8, 4) is 11.3 Å². The van der Waals surface area contributed by atoms with Crippen LogP contribution >= 0.6 is 35.0 Å². The average molecular weight is 412 g/mol. The molecule has 1 aromatic heterocycles. The summed E-state index contributed by atoms with van der Waals surface area (Å²) in [6, 6.07) is 8.34. The van der Waals surface area contributed by atoms with Gasteiger partial charge in [0.1, 0.15) is 18.1 Å². The predicted octanol–water partition coefficient (Wildman–Crippen LogP) is 4.46. The van der Waals surface area contributed by atoms with Gasteiger partial charge in [0.15, 0.2) is 0 Å². The van der Waals surface area contributed by atoms with E-state index in [0.717, 1.165) is 16.7 Å². The summed E-state index contributed by atoms with van der Waals surface area (Å²) in [4.78, 5) is 36.4. The lowest BCUT2D eigenvalue weighted by atomic mass is 10.2. The number of hydrogen-bond acceptors (Lipinski definition) is 6. The van der Waals surface area contributed by atoms with E-state index >= 15 is 0 Å². The molecule has 0 unspecified atom stereocenters. The lowest BCUT2D eigenvalue weighted by molar-refractivity contribution is -0.143. The molecule has 6 nitrogen and oxygen atoms in total. The number of carbonyl (C=O) groups is 3. The maximum Gasteiger partial charge on any atom is 0.325 e. The number of imide groups is 1. The summed E-state index contributed by atoms with van der Waals surface area (Å²) in [7, 11) is 1.18. The normalized spacial score (nSPS) is 15.8. The number of furan rings is 1. The Morgan fingerprint density at radius 2 is 2.04 bits per heavy atom. The first kappa shape index (κ1) is 18.6. The zero-order valence-electron chi connectivity index (χ0n) is 13.3. The summed E-state index contributed by atoms with van der Waals surface area (Å²) in [5.74, 6) is -0.389. The third kappa shape index (κ3) is 3.80. The number of ether oxygens (including phenoxy) is 1. The van der Waals surface area contributed by atoms with E-state index in [9.17, 15) is 14.4 Å². The molecule has 0 N–H and O–H groups in total. The summed E-state index contributed by atoms with van der Waals surface area (Å²) in [6.45, 7) is -0.428. The van der Waals surface area contributed by atoms with Crippen LogP contribution in [0.5, 0.6) is 0 Å². The summed E-state index contributed by atoms with van der Waals surface area (Å²) in [5, 5.41) is 0.390. The number of hydrogen-bond donors (Lipinski definition) is 0. The van der Waals surface area contributed by atoms with E-state index < -0.39 is 23.7 Å². The zero-order valence-corrected chi connectivity index (χ0v) is 15.7. The fourth-order valence-electron chi connectivity index (χ4n) is 2.22. The highest BCUT2D eigenvalue weighted by Crippen LogP contribution is 2.35. The van der Waals surface area contributed by atoms with Crippen LogP contribution in [0.2, 0.25) is 10.0 Å². The molecule has 2 amide bonds. The monoisotopic (exact) mass is 411 g/mol. The standard InChI is InChI=1S/C17H11Cl2NO5S/c1-24-15(21)8-20-16(22)14(26-17(20)23)7-10-3-5-13(25-10)11-4-2-9(18)6-12(11)19/h2-7H,8H2,1H3/b14-7-. The largest absolute Gasteiger partial charge is 0.468 e. The topological polar surface area (TPSA) is 76.8 Å². The molecular formula is C17H11Cl2NO5S. The number of carbonyl (C=O) groups excluding carboxylic acids is 3. The van der Waals surface area contributed by atoms with Crippen LogP contribution in [0.15, 0.2) is 39.7 Å². The molecule has 26 heavy (non-hydrogen) atoms. The summed E-state index contributed by atoms with van der Waals surface area (Å²) >= 11 is 12.8. The molecule has 0 radical (unpaired) electrons. The minimum absolute atomic E-state index is 0.155. The smallest absolute Gasteiger partial charge is 0.325 e. The molecule has 0 spiro atoms. The van der Waals surface area contributed by atoms with E-state index in [1.807, 2.05) is 0 Å². The van der Waals surface area contributed by atoms with Gasteiger partial charge in [-0.1, -0.05) is 23.2 Å². The molecule has 1 fully saturated rings. The lowest BCUT2D eigenvalue weighted by Gasteiger charge is -2.09. The Balaban J connectivity index is 1.83. The van der Waals surface area contributed by atoms with Crippen LogP contribution in [-0.2, 0) is 14.3 Å². The van der Waals surface area contributed by atoms with Crippen LogP contribution in [0.4, 0.5) is 4.79 Å². The highest BCUT2D eigenvalue weighted by Gasteiger charge is 2.36. The maximum atomic E-state index is 12.3. The first-order chi connectivity index (χ1) is 12.4. The summed E-state index contributed by atoms with van der Waals surface area (Å²) in [6.07, 6.45) is 1.44. The van der Waals surface area contributed by atoms with Crippen LogP contribution in [0, 0.1) is 0 Å². The van der Waals surface area contributed by atoms with Crippen molar-refractivity contribution in [2.45, 2.75) is 0 Å². The number of amides is 2. The Morgan fingerprint density at radius 1 is 1.27 bits per heavy atom. The van der Waals surface area contributed by atoms with Crippen LogP contribution in [-0.4, -0.2) is 35.7 Å². The van der Waals surface area contributed by atoms with E-state index in [1.165, 1.54) is 13.2 Å². The van der Waals surface area contributed by atoms with Gasteiger partial charge in [-0.05, 0) is 42.1 Å².